The van der Waals surface area contributed by atoms with Gasteiger partial charge in [-0.2, -0.15) is 0 Å². The van der Waals surface area contributed by atoms with Crippen molar-refractivity contribution in [1.82, 2.24) is 0 Å². The van der Waals surface area contributed by atoms with Crippen LogP contribution in [-0.4, -0.2) is 12.2 Å². The Morgan fingerprint density at radius 3 is 2.27 bits per heavy atom. The van der Waals surface area contributed by atoms with Crippen molar-refractivity contribution in [3.63, 3.8) is 0 Å². The Morgan fingerprint density at radius 2 is 1.87 bits per heavy atom. The Balaban J connectivity index is 3.31. The van der Waals surface area contributed by atoms with E-state index in [1.807, 2.05) is 6.07 Å². The smallest absolute Gasteiger partial charge is 0.124 e. The third-order valence-corrected chi connectivity index (χ3v) is 2.71. The SMILES string of the molecule is COc1cc(C(C)O)cc(Cl)c1C(C)C. The Bertz CT molecular complexity index is 346. The monoisotopic (exact) mass is 228 g/mol. The molecule has 0 heterocycles. The molecule has 1 atom stereocenters. The lowest BCUT2D eigenvalue weighted by Crippen LogP contribution is -1.99. The van der Waals surface area contributed by atoms with Gasteiger partial charge in [0, 0.05) is 10.6 Å². The van der Waals surface area contributed by atoms with Gasteiger partial charge in [0.15, 0.2) is 0 Å². The summed E-state index contributed by atoms with van der Waals surface area (Å²) in [6.07, 6.45) is -0.530. The quantitative estimate of drug-likeness (QED) is 0.858. The van der Waals surface area contributed by atoms with E-state index >= 15 is 0 Å². The summed E-state index contributed by atoms with van der Waals surface area (Å²) in [7, 11) is 1.61. The van der Waals surface area contributed by atoms with Crippen molar-refractivity contribution in [2.45, 2.75) is 32.8 Å². The zero-order chi connectivity index (χ0) is 11.6. The molecule has 1 rings (SSSR count). The van der Waals surface area contributed by atoms with Gasteiger partial charge < -0.3 is 9.84 Å². The fourth-order valence-electron chi connectivity index (χ4n) is 1.58. The summed E-state index contributed by atoms with van der Waals surface area (Å²) in [5.74, 6) is 1.05. The van der Waals surface area contributed by atoms with Gasteiger partial charge in [-0.15, -0.1) is 0 Å². The number of rotatable bonds is 3. The number of halogens is 1. The molecule has 0 aliphatic rings. The third kappa shape index (κ3) is 2.64. The first kappa shape index (κ1) is 12.3. The summed E-state index contributed by atoms with van der Waals surface area (Å²) in [6.45, 7) is 5.83. The molecule has 0 aliphatic heterocycles. The fraction of sp³-hybridized carbons (Fsp3) is 0.500. The molecule has 0 spiro atoms. The van der Waals surface area contributed by atoms with Gasteiger partial charge in [-0.1, -0.05) is 25.4 Å². The molecular formula is C12H17ClO2. The van der Waals surface area contributed by atoms with Crippen molar-refractivity contribution < 1.29 is 9.84 Å². The zero-order valence-corrected chi connectivity index (χ0v) is 10.3. The molecule has 84 valence electrons. The Kier molecular flexibility index (Phi) is 4.00. The number of ether oxygens (including phenoxy) is 1. The summed E-state index contributed by atoms with van der Waals surface area (Å²) < 4.78 is 5.28. The van der Waals surface area contributed by atoms with E-state index in [1.165, 1.54) is 0 Å². The van der Waals surface area contributed by atoms with Crippen LogP contribution < -0.4 is 4.74 Å². The molecule has 2 nitrogen and oxygen atoms in total. The van der Waals surface area contributed by atoms with E-state index in [9.17, 15) is 5.11 Å². The molecule has 15 heavy (non-hydrogen) atoms. The zero-order valence-electron chi connectivity index (χ0n) is 9.54. The highest BCUT2D eigenvalue weighted by molar-refractivity contribution is 6.31. The van der Waals surface area contributed by atoms with Crippen LogP contribution in [0, 0.1) is 0 Å². The number of aliphatic hydroxyl groups is 1. The maximum absolute atomic E-state index is 9.48. The first-order chi connectivity index (χ1) is 6.97. The molecular weight excluding hydrogens is 212 g/mol. The predicted molar refractivity (Wildman–Crippen MR) is 62.7 cm³/mol. The van der Waals surface area contributed by atoms with Gasteiger partial charge in [0.05, 0.1) is 13.2 Å². The van der Waals surface area contributed by atoms with E-state index in [1.54, 1.807) is 20.1 Å². The molecule has 1 N–H and O–H groups in total. The van der Waals surface area contributed by atoms with Crippen molar-refractivity contribution in [2.24, 2.45) is 0 Å². The minimum Gasteiger partial charge on any atom is -0.496 e. The van der Waals surface area contributed by atoms with Gasteiger partial charge >= 0.3 is 0 Å². The minimum absolute atomic E-state index is 0.301. The van der Waals surface area contributed by atoms with Gasteiger partial charge in [-0.3, -0.25) is 0 Å². The molecule has 0 aromatic heterocycles. The van der Waals surface area contributed by atoms with Gasteiger partial charge in [0.25, 0.3) is 0 Å². The van der Waals surface area contributed by atoms with Crippen molar-refractivity contribution in [3.8, 4) is 5.75 Å². The number of benzene rings is 1. The standard InChI is InChI=1S/C12H17ClO2/c1-7(2)12-10(13)5-9(8(3)14)6-11(12)15-4/h5-8,14H,1-4H3. The van der Waals surface area contributed by atoms with Crippen LogP contribution in [0.3, 0.4) is 0 Å². The van der Waals surface area contributed by atoms with Crippen LogP contribution in [0.2, 0.25) is 5.02 Å². The molecule has 0 amide bonds. The highest BCUT2D eigenvalue weighted by atomic mass is 35.5. The second-order valence-electron chi connectivity index (χ2n) is 3.95. The molecule has 0 saturated carbocycles. The molecule has 0 saturated heterocycles. The van der Waals surface area contributed by atoms with Crippen LogP contribution in [0.25, 0.3) is 0 Å². The van der Waals surface area contributed by atoms with Crippen molar-refractivity contribution in [2.75, 3.05) is 7.11 Å². The molecule has 1 aromatic rings. The molecule has 0 aliphatic carbocycles. The van der Waals surface area contributed by atoms with E-state index in [0.717, 1.165) is 16.9 Å². The van der Waals surface area contributed by atoms with Crippen molar-refractivity contribution >= 4 is 11.6 Å². The molecule has 0 radical (unpaired) electrons. The lowest BCUT2D eigenvalue weighted by molar-refractivity contribution is 0.199. The van der Waals surface area contributed by atoms with E-state index < -0.39 is 6.10 Å². The summed E-state index contributed by atoms with van der Waals surface area (Å²) in [4.78, 5) is 0. The second-order valence-corrected chi connectivity index (χ2v) is 4.36. The lowest BCUT2D eigenvalue weighted by atomic mass is 9.98. The average Bonchev–Trinajstić information content (AvgIpc) is 2.15. The van der Waals surface area contributed by atoms with Gasteiger partial charge in [-0.25, -0.2) is 0 Å². The lowest BCUT2D eigenvalue weighted by Gasteiger charge is -2.16. The number of aliphatic hydroxyl groups excluding tert-OH is 1. The highest BCUT2D eigenvalue weighted by Gasteiger charge is 2.15. The largest absolute Gasteiger partial charge is 0.496 e. The van der Waals surface area contributed by atoms with E-state index in [-0.39, 0.29) is 0 Å². The van der Waals surface area contributed by atoms with Crippen LogP contribution in [-0.2, 0) is 0 Å². The topological polar surface area (TPSA) is 29.5 Å². The molecule has 3 heteroatoms. The summed E-state index contributed by atoms with van der Waals surface area (Å²) in [5.41, 5.74) is 1.77. The van der Waals surface area contributed by atoms with Crippen molar-refractivity contribution in [1.29, 1.82) is 0 Å². The first-order valence-electron chi connectivity index (χ1n) is 5.02. The summed E-state index contributed by atoms with van der Waals surface area (Å²) in [6, 6.07) is 3.63. The predicted octanol–water partition coefficient (Wildman–Crippen LogP) is 3.53. The van der Waals surface area contributed by atoms with E-state index in [4.69, 9.17) is 16.3 Å². The molecule has 1 aromatic carbocycles. The van der Waals surface area contributed by atoms with E-state index in [0.29, 0.717) is 10.9 Å². The molecule has 0 bridgehead atoms. The Hall–Kier alpha value is -0.730. The minimum atomic E-state index is -0.530. The number of hydrogen-bond donors (Lipinski definition) is 1. The van der Waals surface area contributed by atoms with Crippen molar-refractivity contribution in [3.05, 3.63) is 28.3 Å². The van der Waals surface area contributed by atoms with E-state index in [2.05, 4.69) is 13.8 Å². The normalized spacial score (nSPS) is 13.0. The summed E-state index contributed by atoms with van der Waals surface area (Å²) in [5, 5.41) is 10.1. The maximum Gasteiger partial charge on any atom is 0.124 e. The van der Waals surface area contributed by atoms with Gasteiger partial charge in [0.1, 0.15) is 5.75 Å². The number of hydrogen-bond acceptors (Lipinski definition) is 2. The highest BCUT2D eigenvalue weighted by Crippen LogP contribution is 2.35. The van der Waals surface area contributed by atoms with Gasteiger partial charge in [0.2, 0.25) is 0 Å². The van der Waals surface area contributed by atoms with Crippen LogP contribution in [0.15, 0.2) is 12.1 Å². The van der Waals surface area contributed by atoms with Crippen LogP contribution in [0.5, 0.6) is 5.75 Å². The van der Waals surface area contributed by atoms with Crippen LogP contribution >= 0.6 is 11.6 Å². The maximum atomic E-state index is 9.48. The molecule has 0 fully saturated rings. The Labute approximate surface area is 95.8 Å². The third-order valence-electron chi connectivity index (χ3n) is 2.39. The van der Waals surface area contributed by atoms with Gasteiger partial charge in [-0.05, 0) is 30.5 Å². The summed E-state index contributed by atoms with van der Waals surface area (Å²) >= 11 is 6.16. The van der Waals surface area contributed by atoms with Crippen LogP contribution in [0.4, 0.5) is 0 Å². The molecule has 1 unspecified atom stereocenters. The fourth-order valence-corrected chi connectivity index (χ4v) is 2.02. The first-order valence-corrected chi connectivity index (χ1v) is 5.40. The second kappa shape index (κ2) is 4.86. The number of methoxy groups -OCH3 is 1. The van der Waals surface area contributed by atoms with Crippen LogP contribution in [0.1, 0.15) is 43.9 Å². The Morgan fingerprint density at radius 1 is 1.27 bits per heavy atom. The average molecular weight is 229 g/mol.